The van der Waals surface area contributed by atoms with E-state index in [2.05, 4.69) is 169 Å². The average Bonchev–Trinajstić information content (AvgIpc) is 3.48. The Bertz CT molecular complexity index is 2520. The minimum atomic E-state index is 0.637. The van der Waals surface area contributed by atoms with Gasteiger partial charge < -0.3 is 9.32 Å². The second-order valence-corrected chi connectivity index (χ2v) is 11.6. The summed E-state index contributed by atoms with van der Waals surface area (Å²) in [4.78, 5) is 7.20. The molecule has 2 heterocycles. The molecule has 0 bridgehead atoms. The number of furan rings is 1. The third-order valence-electron chi connectivity index (χ3n) is 8.90. The van der Waals surface area contributed by atoms with Crippen LogP contribution in [0.25, 0.3) is 65.9 Å². The van der Waals surface area contributed by atoms with E-state index >= 15 is 0 Å². The third kappa shape index (κ3) is 4.41. The summed E-state index contributed by atoms with van der Waals surface area (Å²) in [5.41, 5.74) is 9.36. The van der Waals surface area contributed by atoms with Crippen molar-refractivity contribution in [1.29, 1.82) is 0 Å². The lowest BCUT2D eigenvalue weighted by molar-refractivity contribution is 0.654. The van der Waals surface area contributed by atoms with Gasteiger partial charge in [0.2, 0.25) is 5.71 Å². The molecule has 0 fully saturated rings. The first kappa shape index (κ1) is 26.2. The number of fused-ring (bicyclic) bond motifs is 5. The molecule has 3 heteroatoms. The summed E-state index contributed by atoms with van der Waals surface area (Å²) < 4.78 is 6.28. The monoisotopic (exact) mass is 588 g/mol. The van der Waals surface area contributed by atoms with Gasteiger partial charge in [0, 0.05) is 16.5 Å². The number of hydrogen-bond acceptors (Lipinski definition) is 3. The van der Waals surface area contributed by atoms with Gasteiger partial charge in [-0.25, -0.2) is 4.98 Å². The molecule has 2 aromatic heterocycles. The second kappa shape index (κ2) is 10.8. The Labute approximate surface area is 266 Å². The van der Waals surface area contributed by atoms with E-state index in [1.165, 1.54) is 38.4 Å². The Balaban J connectivity index is 1.27. The lowest BCUT2D eigenvalue weighted by Gasteiger charge is -2.27. The van der Waals surface area contributed by atoms with E-state index in [-0.39, 0.29) is 0 Å². The van der Waals surface area contributed by atoms with E-state index in [1.54, 1.807) is 0 Å². The van der Waals surface area contributed by atoms with E-state index < -0.39 is 0 Å². The molecule has 0 radical (unpaired) electrons. The molecule has 0 aliphatic carbocycles. The van der Waals surface area contributed by atoms with Crippen LogP contribution in [0, 0.1) is 0 Å². The highest BCUT2D eigenvalue weighted by Gasteiger charge is 2.20. The molecule has 0 saturated carbocycles. The largest absolute Gasteiger partial charge is 0.438 e. The molecule has 0 aliphatic rings. The van der Waals surface area contributed by atoms with Crippen LogP contribution < -0.4 is 4.90 Å². The van der Waals surface area contributed by atoms with Crippen molar-refractivity contribution in [2.24, 2.45) is 0 Å². The fourth-order valence-electron chi connectivity index (χ4n) is 6.66. The zero-order chi connectivity index (χ0) is 30.5. The lowest BCUT2D eigenvalue weighted by atomic mass is 9.96. The highest BCUT2D eigenvalue weighted by Crippen LogP contribution is 2.43. The van der Waals surface area contributed by atoms with Crippen LogP contribution in [0.15, 0.2) is 174 Å². The Morgan fingerprint density at radius 3 is 1.83 bits per heavy atom. The molecule has 46 heavy (non-hydrogen) atoms. The van der Waals surface area contributed by atoms with Crippen LogP contribution in [0.3, 0.4) is 0 Å². The predicted molar refractivity (Wildman–Crippen MR) is 192 cm³/mol. The molecule has 216 valence electrons. The standard InChI is InChI=1S/C43H28N2O/c1-3-11-29(12-4-1)30-19-21-34(22-20-30)45(41-24-23-36(31-13-5-2-6-14-31)37-17-9-10-18-38(37)41)35-27-40-39-25-32-15-7-8-16-33(32)26-42(39)46-43(40)44-28-35/h1-28H. The Hall–Kier alpha value is -6.19. The van der Waals surface area contributed by atoms with Crippen LogP contribution in [0.5, 0.6) is 0 Å². The van der Waals surface area contributed by atoms with E-state index in [1.807, 2.05) is 6.20 Å². The van der Waals surface area contributed by atoms with Gasteiger partial charge >= 0.3 is 0 Å². The SMILES string of the molecule is c1ccc(-c2ccc(N(c3cnc4oc5cc6ccccc6cc5c4c3)c3ccc(-c4ccccc4)c4ccccc34)cc2)cc1. The fourth-order valence-corrected chi connectivity index (χ4v) is 6.66. The summed E-state index contributed by atoms with van der Waals surface area (Å²) in [5.74, 6) is 0. The Morgan fingerprint density at radius 1 is 0.435 bits per heavy atom. The van der Waals surface area contributed by atoms with Crippen LogP contribution >= 0.6 is 0 Å². The average molecular weight is 589 g/mol. The van der Waals surface area contributed by atoms with Crippen LogP contribution in [0.4, 0.5) is 17.1 Å². The number of aromatic nitrogens is 1. The third-order valence-corrected chi connectivity index (χ3v) is 8.90. The number of nitrogens with zero attached hydrogens (tertiary/aromatic N) is 2. The number of rotatable bonds is 5. The number of anilines is 3. The maximum atomic E-state index is 6.28. The summed E-state index contributed by atoms with van der Waals surface area (Å²) >= 11 is 0. The quantitative estimate of drug-likeness (QED) is 0.200. The first-order valence-corrected chi connectivity index (χ1v) is 15.5. The van der Waals surface area contributed by atoms with Gasteiger partial charge in [-0.1, -0.05) is 127 Å². The van der Waals surface area contributed by atoms with Crippen molar-refractivity contribution in [3.8, 4) is 22.3 Å². The van der Waals surface area contributed by atoms with Crippen molar-refractivity contribution in [2.75, 3.05) is 4.90 Å². The molecule has 3 nitrogen and oxygen atoms in total. The van der Waals surface area contributed by atoms with Crippen LogP contribution in [-0.4, -0.2) is 4.98 Å². The maximum absolute atomic E-state index is 6.28. The molecule has 0 N–H and O–H groups in total. The smallest absolute Gasteiger partial charge is 0.227 e. The Morgan fingerprint density at radius 2 is 1.07 bits per heavy atom. The van der Waals surface area contributed by atoms with Gasteiger partial charge in [-0.15, -0.1) is 0 Å². The fraction of sp³-hybridized carbons (Fsp3) is 0. The van der Waals surface area contributed by atoms with Crippen molar-refractivity contribution in [1.82, 2.24) is 4.98 Å². The highest BCUT2D eigenvalue weighted by atomic mass is 16.3. The molecule has 9 rings (SSSR count). The minimum Gasteiger partial charge on any atom is -0.438 e. The number of benzene rings is 7. The van der Waals surface area contributed by atoms with Crippen molar-refractivity contribution < 1.29 is 4.42 Å². The first-order chi connectivity index (χ1) is 22.8. The summed E-state index contributed by atoms with van der Waals surface area (Å²) in [6.45, 7) is 0. The molecule has 9 aromatic rings. The van der Waals surface area contributed by atoms with Crippen molar-refractivity contribution in [3.63, 3.8) is 0 Å². The van der Waals surface area contributed by atoms with Gasteiger partial charge in [0.05, 0.1) is 23.0 Å². The van der Waals surface area contributed by atoms with Crippen molar-refractivity contribution in [3.05, 3.63) is 170 Å². The summed E-state index contributed by atoms with van der Waals surface area (Å²) in [6.07, 6.45) is 1.93. The molecule has 0 amide bonds. The van der Waals surface area contributed by atoms with E-state index in [0.29, 0.717) is 5.71 Å². The molecule has 0 unspecified atom stereocenters. The molecule has 0 saturated heterocycles. The zero-order valence-electron chi connectivity index (χ0n) is 25.0. The van der Waals surface area contributed by atoms with Crippen molar-refractivity contribution >= 4 is 60.7 Å². The second-order valence-electron chi connectivity index (χ2n) is 11.6. The van der Waals surface area contributed by atoms with Gasteiger partial charge in [-0.3, -0.25) is 0 Å². The molecular weight excluding hydrogens is 560 g/mol. The predicted octanol–water partition coefficient (Wildman–Crippen LogP) is 12.1. The van der Waals surface area contributed by atoms with Gasteiger partial charge in [0.25, 0.3) is 0 Å². The maximum Gasteiger partial charge on any atom is 0.227 e. The molecule has 0 aliphatic heterocycles. The van der Waals surface area contributed by atoms with E-state index in [9.17, 15) is 0 Å². The van der Waals surface area contributed by atoms with Gasteiger partial charge in [0.15, 0.2) is 0 Å². The minimum absolute atomic E-state index is 0.637. The first-order valence-electron chi connectivity index (χ1n) is 15.5. The van der Waals surface area contributed by atoms with E-state index in [0.717, 1.165) is 38.8 Å². The van der Waals surface area contributed by atoms with Crippen LogP contribution in [0.1, 0.15) is 0 Å². The van der Waals surface area contributed by atoms with Crippen LogP contribution in [-0.2, 0) is 0 Å². The summed E-state index contributed by atoms with van der Waals surface area (Å²) in [5, 5.41) is 6.75. The summed E-state index contributed by atoms with van der Waals surface area (Å²) in [7, 11) is 0. The van der Waals surface area contributed by atoms with Gasteiger partial charge in [0.1, 0.15) is 5.58 Å². The van der Waals surface area contributed by atoms with Crippen molar-refractivity contribution in [2.45, 2.75) is 0 Å². The highest BCUT2D eigenvalue weighted by molar-refractivity contribution is 6.11. The normalized spacial score (nSPS) is 11.5. The van der Waals surface area contributed by atoms with Gasteiger partial charge in [-0.2, -0.15) is 0 Å². The zero-order valence-corrected chi connectivity index (χ0v) is 25.0. The van der Waals surface area contributed by atoms with Crippen LogP contribution in [0.2, 0.25) is 0 Å². The lowest BCUT2D eigenvalue weighted by Crippen LogP contribution is -2.11. The molecule has 0 spiro atoms. The Kier molecular flexibility index (Phi) is 6.14. The van der Waals surface area contributed by atoms with Gasteiger partial charge in [-0.05, 0) is 74.8 Å². The molecular formula is C43H28N2O. The molecule has 0 atom stereocenters. The summed E-state index contributed by atoms with van der Waals surface area (Å²) in [6, 6.07) is 58.0. The molecule has 7 aromatic carbocycles. The number of pyridine rings is 1. The number of hydrogen-bond donors (Lipinski definition) is 0. The van der Waals surface area contributed by atoms with E-state index in [4.69, 9.17) is 9.40 Å². The topological polar surface area (TPSA) is 29.3 Å².